The van der Waals surface area contributed by atoms with E-state index in [-0.39, 0.29) is 0 Å². The topological polar surface area (TPSA) is 15.3 Å². The second kappa shape index (κ2) is 8.08. The first-order valence-corrected chi connectivity index (χ1v) is 8.52. The summed E-state index contributed by atoms with van der Waals surface area (Å²) in [5.41, 5.74) is 3.93. The van der Waals surface area contributed by atoms with E-state index >= 15 is 0 Å². The lowest BCUT2D eigenvalue weighted by atomic mass is 10.1. The van der Waals surface area contributed by atoms with Gasteiger partial charge in [0.05, 0.1) is 0 Å². The Labute approximate surface area is 143 Å². The first kappa shape index (κ1) is 16.7. The van der Waals surface area contributed by atoms with Gasteiger partial charge in [0.1, 0.15) is 0 Å². The van der Waals surface area contributed by atoms with Gasteiger partial charge in [-0.3, -0.25) is 4.90 Å². The van der Waals surface area contributed by atoms with E-state index in [1.54, 1.807) is 0 Å². The molecule has 0 saturated heterocycles. The Morgan fingerprint density at radius 2 is 1.62 bits per heavy atom. The molecule has 0 radical (unpaired) electrons. The molecule has 0 aliphatic heterocycles. The molecule has 0 amide bonds. The summed E-state index contributed by atoms with van der Waals surface area (Å²) >= 11 is 7.15. The summed E-state index contributed by atoms with van der Waals surface area (Å²) < 4.78 is 2.30. The van der Waals surface area contributed by atoms with Crippen LogP contribution in [-0.4, -0.2) is 19.0 Å². The van der Waals surface area contributed by atoms with Crippen LogP contribution in [0.1, 0.15) is 16.7 Å². The van der Waals surface area contributed by atoms with Crippen LogP contribution in [0.4, 0.5) is 0 Å². The monoisotopic (exact) mass is 410 g/mol. The van der Waals surface area contributed by atoms with E-state index in [4.69, 9.17) is 0 Å². The number of nitrogens with one attached hydrogen (secondary N) is 1. The third-order valence-corrected chi connectivity index (χ3v) is 4.57. The first-order chi connectivity index (χ1) is 10.1. The molecule has 2 aromatic carbocycles. The van der Waals surface area contributed by atoms with Crippen LogP contribution in [0.25, 0.3) is 0 Å². The SMILES string of the molecule is CNCc1ccc(CN(C)Cc2ccc(Br)cc2)c(Br)c1. The van der Waals surface area contributed by atoms with Crippen molar-refractivity contribution in [3.05, 3.63) is 68.1 Å². The lowest BCUT2D eigenvalue weighted by molar-refractivity contribution is 0.318. The summed E-state index contributed by atoms with van der Waals surface area (Å²) in [6.07, 6.45) is 0. The fourth-order valence-electron chi connectivity index (χ4n) is 2.28. The van der Waals surface area contributed by atoms with Crippen LogP contribution < -0.4 is 5.32 Å². The van der Waals surface area contributed by atoms with Crippen LogP contribution in [0, 0.1) is 0 Å². The number of benzene rings is 2. The third-order valence-electron chi connectivity index (χ3n) is 3.30. The number of hydrogen-bond donors (Lipinski definition) is 1. The van der Waals surface area contributed by atoms with E-state index in [0.717, 1.165) is 24.1 Å². The maximum atomic E-state index is 3.68. The molecule has 2 nitrogen and oxygen atoms in total. The van der Waals surface area contributed by atoms with Crippen molar-refractivity contribution in [3.63, 3.8) is 0 Å². The van der Waals surface area contributed by atoms with Crippen LogP contribution in [-0.2, 0) is 19.6 Å². The molecule has 4 heteroatoms. The van der Waals surface area contributed by atoms with Crippen LogP contribution in [0.15, 0.2) is 51.4 Å². The number of hydrogen-bond acceptors (Lipinski definition) is 2. The van der Waals surface area contributed by atoms with E-state index in [1.807, 2.05) is 7.05 Å². The zero-order valence-corrected chi connectivity index (χ0v) is 15.5. The van der Waals surface area contributed by atoms with Crippen LogP contribution in [0.5, 0.6) is 0 Å². The molecule has 0 aromatic heterocycles. The highest BCUT2D eigenvalue weighted by atomic mass is 79.9. The largest absolute Gasteiger partial charge is 0.316 e. The molecule has 0 spiro atoms. The van der Waals surface area contributed by atoms with E-state index in [1.165, 1.54) is 21.2 Å². The van der Waals surface area contributed by atoms with Crippen molar-refractivity contribution in [3.8, 4) is 0 Å². The molecule has 0 aliphatic rings. The Kier molecular flexibility index (Phi) is 6.42. The molecule has 1 N–H and O–H groups in total. The zero-order valence-electron chi connectivity index (χ0n) is 12.4. The van der Waals surface area contributed by atoms with E-state index < -0.39 is 0 Å². The Morgan fingerprint density at radius 1 is 0.952 bits per heavy atom. The molecule has 0 saturated carbocycles. The molecule has 21 heavy (non-hydrogen) atoms. The average molecular weight is 412 g/mol. The predicted octanol–water partition coefficient (Wildman–Crippen LogP) is 4.56. The molecule has 112 valence electrons. The van der Waals surface area contributed by atoms with Gasteiger partial charge in [0.25, 0.3) is 0 Å². The third kappa shape index (κ3) is 5.22. The first-order valence-electron chi connectivity index (χ1n) is 6.93. The Hall–Kier alpha value is -0.680. The highest BCUT2D eigenvalue weighted by Gasteiger charge is 2.06. The molecule has 0 unspecified atom stereocenters. The van der Waals surface area contributed by atoms with Crippen LogP contribution in [0.2, 0.25) is 0 Å². The molecule has 0 aliphatic carbocycles. The summed E-state index contributed by atoms with van der Waals surface area (Å²) in [4.78, 5) is 2.32. The van der Waals surface area contributed by atoms with Gasteiger partial charge in [-0.05, 0) is 49.0 Å². The van der Waals surface area contributed by atoms with Crippen molar-refractivity contribution in [2.24, 2.45) is 0 Å². The maximum absolute atomic E-state index is 3.68. The highest BCUT2D eigenvalue weighted by Crippen LogP contribution is 2.21. The fourth-order valence-corrected chi connectivity index (χ4v) is 3.10. The molecule has 0 bridgehead atoms. The maximum Gasteiger partial charge on any atom is 0.0245 e. The van der Waals surface area contributed by atoms with Crippen molar-refractivity contribution in [2.45, 2.75) is 19.6 Å². The normalized spacial score (nSPS) is 11.1. The molecule has 2 rings (SSSR count). The van der Waals surface area contributed by atoms with Crippen molar-refractivity contribution in [1.82, 2.24) is 10.2 Å². The number of nitrogens with zero attached hydrogens (tertiary/aromatic N) is 1. The molecule has 0 fully saturated rings. The fraction of sp³-hybridized carbons (Fsp3) is 0.294. The van der Waals surface area contributed by atoms with Gasteiger partial charge in [-0.2, -0.15) is 0 Å². The van der Waals surface area contributed by atoms with E-state index in [9.17, 15) is 0 Å². The summed E-state index contributed by atoms with van der Waals surface area (Å²) in [6, 6.07) is 15.1. The minimum absolute atomic E-state index is 0.896. The second-order valence-electron chi connectivity index (χ2n) is 5.25. The van der Waals surface area contributed by atoms with Crippen LogP contribution in [0.3, 0.4) is 0 Å². The lowest BCUT2D eigenvalue weighted by Crippen LogP contribution is -2.17. The minimum Gasteiger partial charge on any atom is -0.316 e. The highest BCUT2D eigenvalue weighted by molar-refractivity contribution is 9.10. The molecular weight excluding hydrogens is 392 g/mol. The summed E-state index contributed by atoms with van der Waals surface area (Å²) in [7, 11) is 4.11. The zero-order chi connectivity index (χ0) is 15.2. The van der Waals surface area contributed by atoms with Gasteiger partial charge in [0.2, 0.25) is 0 Å². The number of rotatable bonds is 6. The van der Waals surface area contributed by atoms with Crippen LogP contribution >= 0.6 is 31.9 Å². The van der Waals surface area contributed by atoms with E-state index in [2.05, 4.69) is 91.6 Å². The lowest BCUT2D eigenvalue weighted by Gasteiger charge is -2.18. The Morgan fingerprint density at radius 3 is 2.24 bits per heavy atom. The second-order valence-corrected chi connectivity index (χ2v) is 7.02. The van der Waals surface area contributed by atoms with Gasteiger partial charge in [0.15, 0.2) is 0 Å². The standard InChI is InChI=1S/C17H20Br2N2/c1-20-10-14-3-6-15(17(19)9-14)12-21(2)11-13-4-7-16(18)8-5-13/h3-9,20H,10-12H2,1-2H3. The van der Waals surface area contributed by atoms with Gasteiger partial charge in [-0.1, -0.05) is 56.1 Å². The molecule has 0 heterocycles. The minimum atomic E-state index is 0.896. The van der Waals surface area contributed by atoms with Gasteiger partial charge in [-0.25, -0.2) is 0 Å². The summed E-state index contributed by atoms with van der Waals surface area (Å²) in [5.74, 6) is 0. The molecular formula is C17H20Br2N2. The van der Waals surface area contributed by atoms with Crippen molar-refractivity contribution >= 4 is 31.9 Å². The van der Waals surface area contributed by atoms with Gasteiger partial charge >= 0.3 is 0 Å². The Bertz CT molecular complexity index is 582. The number of halogens is 2. The average Bonchev–Trinajstić information content (AvgIpc) is 2.45. The molecule has 0 atom stereocenters. The van der Waals surface area contributed by atoms with E-state index in [0.29, 0.717) is 0 Å². The smallest absolute Gasteiger partial charge is 0.0245 e. The molecule has 2 aromatic rings. The van der Waals surface area contributed by atoms with Gasteiger partial charge in [-0.15, -0.1) is 0 Å². The summed E-state index contributed by atoms with van der Waals surface area (Å²) in [5, 5.41) is 3.17. The predicted molar refractivity (Wildman–Crippen MR) is 96.2 cm³/mol. The van der Waals surface area contributed by atoms with Crippen molar-refractivity contribution in [2.75, 3.05) is 14.1 Å². The van der Waals surface area contributed by atoms with Gasteiger partial charge < -0.3 is 5.32 Å². The van der Waals surface area contributed by atoms with Crippen molar-refractivity contribution < 1.29 is 0 Å². The quantitative estimate of drug-likeness (QED) is 0.749. The summed E-state index contributed by atoms with van der Waals surface area (Å²) in [6.45, 7) is 2.77. The van der Waals surface area contributed by atoms with Crippen molar-refractivity contribution in [1.29, 1.82) is 0 Å². The Balaban J connectivity index is 1.98. The van der Waals surface area contributed by atoms with Gasteiger partial charge in [0, 0.05) is 28.6 Å².